The summed E-state index contributed by atoms with van der Waals surface area (Å²) in [6.07, 6.45) is 1.79. The molecule has 0 saturated carbocycles. The van der Waals surface area contributed by atoms with Gasteiger partial charge in [0.1, 0.15) is 11.6 Å². The van der Waals surface area contributed by atoms with E-state index >= 15 is 0 Å². The van der Waals surface area contributed by atoms with E-state index in [1.807, 2.05) is 6.92 Å². The minimum atomic E-state index is -0.566. The van der Waals surface area contributed by atoms with Gasteiger partial charge in [0, 0.05) is 35.0 Å². The van der Waals surface area contributed by atoms with Gasteiger partial charge in [0.05, 0.1) is 12.7 Å². The summed E-state index contributed by atoms with van der Waals surface area (Å²) in [7, 11) is 0. The fourth-order valence-corrected chi connectivity index (χ4v) is 1.99. The summed E-state index contributed by atoms with van der Waals surface area (Å²) in [5.41, 5.74) is 2.51. The maximum atomic E-state index is 13.7. The molecule has 0 bridgehead atoms. The first kappa shape index (κ1) is 15.6. The smallest absolute Gasteiger partial charge is 0.131 e. The van der Waals surface area contributed by atoms with Gasteiger partial charge in [-0.3, -0.25) is 4.68 Å². The first-order valence-corrected chi connectivity index (χ1v) is 6.96. The van der Waals surface area contributed by atoms with E-state index < -0.39 is 11.6 Å². The van der Waals surface area contributed by atoms with Crippen LogP contribution in [0.15, 0.2) is 24.4 Å². The lowest BCUT2D eigenvalue weighted by Crippen LogP contribution is -2.35. The Labute approximate surface area is 124 Å². The van der Waals surface area contributed by atoms with Crippen LogP contribution in [0.4, 0.5) is 8.78 Å². The van der Waals surface area contributed by atoms with E-state index in [0.717, 1.165) is 17.3 Å². The van der Waals surface area contributed by atoms with Crippen molar-refractivity contribution < 1.29 is 8.78 Å². The van der Waals surface area contributed by atoms with Crippen molar-refractivity contribution in [3.05, 3.63) is 52.9 Å². The van der Waals surface area contributed by atoms with E-state index in [9.17, 15) is 8.78 Å². The number of aromatic nitrogens is 2. The topological polar surface area (TPSA) is 29.9 Å². The number of nitrogens with one attached hydrogen (secondary N) is 1. The molecule has 114 valence electrons. The zero-order valence-corrected chi connectivity index (χ0v) is 12.9. The largest absolute Gasteiger partial charge is 0.308 e. The Kier molecular flexibility index (Phi) is 4.42. The number of halogens is 2. The fourth-order valence-electron chi connectivity index (χ4n) is 1.99. The van der Waals surface area contributed by atoms with Crippen molar-refractivity contribution >= 4 is 0 Å². The molecule has 0 aliphatic heterocycles. The summed E-state index contributed by atoms with van der Waals surface area (Å²) in [5.74, 6) is -1.11. The van der Waals surface area contributed by atoms with E-state index in [1.54, 1.807) is 10.9 Å². The summed E-state index contributed by atoms with van der Waals surface area (Å²) in [6, 6.07) is 3.62. The highest BCUT2D eigenvalue weighted by Crippen LogP contribution is 2.14. The third-order valence-corrected chi connectivity index (χ3v) is 3.35. The Morgan fingerprint density at radius 1 is 1.19 bits per heavy atom. The Hall–Kier alpha value is -1.75. The van der Waals surface area contributed by atoms with E-state index in [1.165, 1.54) is 12.1 Å². The van der Waals surface area contributed by atoms with Gasteiger partial charge in [0.25, 0.3) is 0 Å². The molecule has 0 aliphatic carbocycles. The van der Waals surface area contributed by atoms with Gasteiger partial charge in [0.2, 0.25) is 0 Å². The molecule has 3 nitrogen and oxygen atoms in total. The molecule has 1 N–H and O–H groups in total. The molecule has 5 heteroatoms. The van der Waals surface area contributed by atoms with Gasteiger partial charge in [-0.05, 0) is 33.8 Å². The van der Waals surface area contributed by atoms with Crippen molar-refractivity contribution in [3.8, 4) is 0 Å². The van der Waals surface area contributed by atoms with Crippen LogP contribution in [0, 0.1) is 18.6 Å². The summed E-state index contributed by atoms with van der Waals surface area (Å²) in [6.45, 7) is 9.25. The van der Waals surface area contributed by atoms with Gasteiger partial charge in [-0.15, -0.1) is 0 Å². The fraction of sp³-hybridized carbons (Fsp3) is 0.438. The standard InChI is InChI=1S/C16H21F2N3/c1-11-13(8-19-16(2,3)4)9-20-21(11)10-12-5-6-14(17)7-15(12)18/h5-7,9,19H,8,10H2,1-4H3. The molecule has 1 aromatic carbocycles. The van der Waals surface area contributed by atoms with Gasteiger partial charge in [-0.2, -0.15) is 5.10 Å². The molecule has 1 heterocycles. The van der Waals surface area contributed by atoms with Gasteiger partial charge in [0.15, 0.2) is 0 Å². The van der Waals surface area contributed by atoms with Gasteiger partial charge >= 0.3 is 0 Å². The summed E-state index contributed by atoms with van der Waals surface area (Å²) in [5, 5.41) is 7.69. The van der Waals surface area contributed by atoms with Crippen LogP contribution in [0.1, 0.15) is 37.6 Å². The molecular weight excluding hydrogens is 272 g/mol. The molecule has 0 unspecified atom stereocenters. The highest BCUT2D eigenvalue weighted by molar-refractivity contribution is 5.22. The van der Waals surface area contributed by atoms with Crippen molar-refractivity contribution in [2.24, 2.45) is 0 Å². The molecule has 0 fully saturated rings. The van der Waals surface area contributed by atoms with Crippen molar-refractivity contribution in [1.82, 2.24) is 15.1 Å². The lowest BCUT2D eigenvalue weighted by molar-refractivity contribution is 0.423. The molecule has 0 radical (unpaired) electrons. The average molecular weight is 293 g/mol. The van der Waals surface area contributed by atoms with E-state index in [2.05, 4.69) is 31.2 Å². The Morgan fingerprint density at radius 3 is 2.52 bits per heavy atom. The number of nitrogens with zero attached hydrogens (tertiary/aromatic N) is 2. The predicted molar refractivity (Wildman–Crippen MR) is 79.0 cm³/mol. The number of rotatable bonds is 4. The molecule has 2 rings (SSSR count). The maximum Gasteiger partial charge on any atom is 0.131 e. The predicted octanol–water partition coefficient (Wildman–Crippen LogP) is 3.41. The minimum Gasteiger partial charge on any atom is -0.308 e. The van der Waals surface area contributed by atoms with E-state index in [4.69, 9.17) is 0 Å². The molecular formula is C16H21F2N3. The number of benzene rings is 1. The van der Waals surface area contributed by atoms with Crippen LogP contribution < -0.4 is 5.32 Å². The third kappa shape index (κ3) is 4.11. The molecule has 0 spiro atoms. The first-order valence-electron chi connectivity index (χ1n) is 6.96. The second-order valence-electron chi connectivity index (χ2n) is 6.25. The lowest BCUT2D eigenvalue weighted by Gasteiger charge is -2.20. The minimum absolute atomic E-state index is 0.0254. The maximum absolute atomic E-state index is 13.7. The molecule has 0 amide bonds. The SMILES string of the molecule is Cc1c(CNC(C)(C)C)cnn1Cc1ccc(F)cc1F. The molecule has 2 aromatic rings. The molecule has 0 atom stereocenters. The normalized spacial score (nSPS) is 11.9. The molecule has 1 aromatic heterocycles. The van der Waals surface area contributed by atoms with E-state index in [0.29, 0.717) is 18.7 Å². The molecule has 0 aliphatic rings. The van der Waals surface area contributed by atoms with Gasteiger partial charge in [-0.25, -0.2) is 8.78 Å². The molecule has 0 saturated heterocycles. The summed E-state index contributed by atoms with van der Waals surface area (Å²) >= 11 is 0. The van der Waals surface area contributed by atoms with Crippen molar-refractivity contribution in [2.45, 2.75) is 46.3 Å². The highest BCUT2D eigenvalue weighted by atomic mass is 19.1. The number of hydrogen-bond acceptors (Lipinski definition) is 2. The zero-order chi connectivity index (χ0) is 15.6. The monoisotopic (exact) mass is 293 g/mol. The summed E-state index contributed by atoms with van der Waals surface area (Å²) < 4.78 is 28.3. The second kappa shape index (κ2) is 5.93. The third-order valence-electron chi connectivity index (χ3n) is 3.35. The van der Waals surface area contributed by atoms with E-state index in [-0.39, 0.29) is 5.54 Å². The van der Waals surface area contributed by atoms with Crippen LogP contribution in [-0.2, 0) is 13.1 Å². The van der Waals surface area contributed by atoms with Crippen molar-refractivity contribution in [1.29, 1.82) is 0 Å². The Balaban J connectivity index is 2.13. The second-order valence-corrected chi connectivity index (χ2v) is 6.25. The molecule has 21 heavy (non-hydrogen) atoms. The number of hydrogen-bond donors (Lipinski definition) is 1. The first-order chi connectivity index (χ1) is 9.76. The van der Waals surface area contributed by atoms with Crippen molar-refractivity contribution in [2.75, 3.05) is 0 Å². The van der Waals surface area contributed by atoms with Crippen LogP contribution in [-0.4, -0.2) is 15.3 Å². The van der Waals surface area contributed by atoms with Gasteiger partial charge < -0.3 is 5.32 Å². The summed E-state index contributed by atoms with van der Waals surface area (Å²) in [4.78, 5) is 0. The van der Waals surface area contributed by atoms with Crippen molar-refractivity contribution in [3.63, 3.8) is 0 Å². The van der Waals surface area contributed by atoms with Crippen LogP contribution in [0.2, 0.25) is 0 Å². The average Bonchev–Trinajstić information content (AvgIpc) is 2.71. The van der Waals surface area contributed by atoms with Crippen LogP contribution >= 0.6 is 0 Å². The quantitative estimate of drug-likeness (QED) is 0.936. The highest BCUT2D eigenvalue weighted by Gasteiger charge is 2.13. The van der Waals surface area contributed by atoms with Crippen LogP contribution in [0.3, 0.4) is 0 Å². The van der Waals surface area contributed by atoms with Crippen LogP contribution in [0.5, 0.6) is 0 Å². The Bertz CT molecular complexity index is 627. The van der Waals surface area contributed by atoms with Crippen LogP contribution in [0.25, 0.3) is 0 Å². The van der Waals surface area contributed by atoms with Gasteiger partial charge in [-0.1, -0.05) is 6.07 Å². The Morgan fingerprint density at radius 2 is 1.90 bits per heavy atom. The zero-order valence-electron chi connectivity index (χ0n) is 12.9. The lowest BCUT2D eigenvalue weighted by atomic mass is 10.1.